The fourth-order valence-electron chi connectivity index (χ4n) is 2.70. The van der Waals surface area contributed by atoms with Gasteiger partial charge in [0.2, 0.25) is 5.91 Å². The number of fused-ring (bicyclic) bond motifs is 1. The second-order valence-corrected chi connectivity index (χ2v) is 6.86. The molecule has 124 valence electrons. The van der Waals surface area contributed by atoms with Crippen LogP contribution in [0.2, 0.25) is 5.02 Å². The lowest BCUT2D eigenvalue weighted by molar-refractivity contribution is -0.115. The van der Waals surface area contributed by atoms with E-state index in [0.717, 1.165) is 32.9 Å². The quantitative estimate of drug-likeness (QED) is 0.525. The Morgan fingerprint density at radius 1 is 1.16 bits per heavy atom. The molecule has 0 saturated carbocycles. The summed E-state index contributed by atoms with van der Waals surface area (Å²) in [5, 5.41) is 7.33. The van der Waals surface area contributed by atoms with Gasteiger partial charge in [0.25, 0.3) is 0 Å². The van der Waals surface area contributed by atoms with Crippen LogP contribution in [-0.4, -0.2) is 15.9 Å². The van der Waals surface area contributed by atoms with E-state index in [1.165, 1.54) is 11.3 Å². The number of amides is 1. The summed E-state index contributed by atoms with van der Waals surface area (Å²) in [6.07, 6.45) is 2.08. The summed E-state index contributed by atoms with van der Waals surface area (Å²) in [6, 6.07) is 15.3. The van der Waals surface area contributed by atoms with E-state index >= 15 is 0 Å². The first-order valence-electron chi connectivity index (χ1n) is 7.76. The van der Waals surface area contributed by atoms with Crippen molar-refractivity contribution in [2.24, 2.45) is 0 Å². The van der Waals surface area contributed by atoms with E-state index in [4.69, 9.17) is 11.6 Å². The summed E-state index contributed by atoms with van der Waals surface area (Å²) >= 11 is 7.70. The first-order chi connectivity index (χ1) is 12.2. The minimum atomic E-state index is -0.0929. The maximum atomic E-state index is 12.4. The van der Waals surface area contributed by atoms with Crippen LogP contribution < -0.4 is 5.32 Å². The summed E-state index contributed by atoms with van der Waals surface area (Å²) in [6.45, 7) is 0. The molecule has 25 heavy (non-hydrogen) atoms. The molecule has 0 atom stereocenters. The molecule has 0 radical (unpaired) electrons. The Kier molecular flexibility index (Phi) is 4.26. The molecule has 4 rings (SSSR count). The number of halogens is 1. The molecule has 4 nitrogen and oxygen atoms in total. The monoisotopic (exact) mass is 367 g/mol. The van der Waals surface area contributed by atoms with E-state index in [9.17, 15) is 4.79 Å². The van der Waals surface area contributed by atoms with Crippen molar-refractivity contribution in [3.05, 3.63) is 70.8 Å². The smallest absolute Gasteiger partial charge is 0.230 e. The number of nitrogens with zero attached hydrogens (tertiary/aromatic N) is 1. The van der Waals surface area contributed by atoms with E-state index < -0.39 is 0 Å². The van der Waals surface area contributed by atoms with Crippen LogP contribution in [0.1, 0.15) is 5.69 Å². The fourth-order valence-corrected chi connectivity index (χ4v) is 3.84. The Balaban J connectivity index is 1.50. The van der Waals surface area contributed by atoms with E-state index in [0.29, 0.717) is 5.02 Å². The van der Waals surface area contributed by atoms with Crippen molar-refractivity contribution in [2.75, 3.05) is 5.32 Å². The van der Waals surface area contributed by atoms with Gasteiger partial charge >= 0.3 is 0 Å². The third-order valence-electron chi connectivity index (χ3n) is 3.87. The van der Waals surface area contributed by atoms with Crippen LogP contribution in [0.25, 0.3) is 21.5 Å². The van der Waals surface area contributed by atoms with Crippen LogP contribution in [0.4, 0.5) is 5.69 Å². The molecule has 6 heteroatoms. The Morgan fingerprint density at radius 3 is 2.92 bits per heavy atom. The number of rotatable bonds is 4. The van der Waals surface area contributed by atoms with Gasteiger partial charge < -0.3 is 10.3 Å². The molecule has 1 amide bonds. The Bertz CT molecular complexity index is 1050. The minimum Gasteiger partial charge on any atom is -0.361 e. The molecule has 0 fully saturated rings. The van der Waals surface area contributed by atoms with Crippen LogP contribution in [0.5, 0.6) is 0 Å². The Labute approximate surface area is 153 Å². The fraction of sp³-hybridized carbons (Fsp3) is 0.0526. The lowest BCUT2D eigenvalue weighted by atomic mass is 10.2. The van der Waals surface area contributed by atoms with Gasteiger partial charge in [0, 0.05) is 28.0 Å². The molecule has 0 saturated heterocycles. The van der Waals surface area contributed by atoms with Crippen LogP contribution in [0.3, 0.4) is 0 Å². The van der Waals surface area contributed by atoms with Crippen LogP contribution in [0.15, 0.2) is 60.1 Å². The largest absolute Gasteiger partial charge is 0.361 e. The van der Waals surface area contributed by atoms with Crippen LogP contribution in [-0.2, 0) is 11.2 Å². The van der Waals surface area contributed by atoms with Crippen molar-refractivity contribution in [3.8, 4) is 10.6 Å². The number of H-pyrrole nitrogens is 1. The van der Waals surface area contributed by atoms with E-state index in [1.54, 1.807) is 0 Å². The van der Waals surface area contributed by atoms with Crippen LogP contribution >= 0.6 is 22.9 Å². The van der Waals surface area contributed by atoms with Crippen molar-refractivity contribution >= 4 is 45.4 Å². The Morgan fingerprint density at radius 2 is 2.04 bits per heavy atom. The van der Waals surface area contributed by atoms with Gasteiger partial charge in [-0.15, -0.1) is 11.3 Å². The van der Waals surface area contributed by atoms with Crippen molar-refractivity contribution in [3.63, 3.8) is 0 Å². The van der Waals surface area contributed by atoms with Crippen LogP contribution in [0, 0.1) is 0 Å². The highest BCUT2D eigenvalue weighted by molar-refractivity contribution is 7.13. The van der Waals surface area contributed by atoms with Gasteiger partial charge in [0.1, 0.15) is 5.01 Å². The van der Waals surface area contributed by atoms with Gasteiger partial charge in [-0.2, -0.15) is 0 Å². The average molecular weight is 368 g/mol. The normalized spacial score (nSPS) is 10.9. The molecule has 0 spiro atoms. The highest BCUT2D eigenvalue weighted by Crippen LogP contribution is 2.30. The lowest BCUT2D eigenvalue weighted by Crippen LogP contribution is -2.14. The van der Waals surface area contributed by atoms with Crippen molar-refractivity contribution < 1.29 is 4.79 Å². The number of benzene rings is 2. The molecule has 2 aromatic heterocycles. The molecule has 0 aliphatic rings. The van der Waals surface area contributed by atoms with Crippen molar-refractivity contribution in [1.29, 1.82) is 0 Å². The standard InChI is InChI=1S/C19H14ClN3OS/c20-15-5-2-1-4-13(15)19-22-12(11-25-19)10-18(24)23-17-7-3-6-16-14(17)8-9-21-16/h1-9,11,21H,10H2,(H,23,24). The number of hydrogen-bond donors (Lipinski definition) is 2. The summed E-state index contributed by atoms with van der Waals surface area (Å²) in [5.41, 5.74) is 3.41. The molecule has 0 bridgehead atoms. The zero-order chi connectivity index (χ0) is 17.2. The molecular weight excluding hydrogens is 354 g/mol. The maximum Gasteiger partial charge on any atom is 0.230 e. The zero-order valence-electron chi connectivity index (χ0n) is 13.1. The number of anilines is 1. The number of aromatic nitrogens is 2. The van der Waals surface area contributed by atoms with Gasteiger partial charge in [-0.3, -0.25) is 4.79 Å². The molecule has 0 aliphatic heterocycles. The Hall–Kier alpha value is -2.63. The van der Waals surface area contributed by atoms with Gasteiger partial charge in [0.15, 0.2) is 0 Å². The third kappa shape index (κ3) is 3.29. The van der Waals surface area contributed by atoms with Gasteiger partial charge in [-0.1, -0.05) is 35.9 Å². The average Bonchev–Trinajstić information content (AvgIpc) is 3.25. The SMILES string of the molecule is O=C(Cc1csc(-c2ccccc2Cl)n1)Nc1cccc2[nH]ccc12. The number of carbonyl (C=O) groups is 1. The highest BCUT2D eigenvalue weighted by atomic mass is 35.5. The molecule has 0 unspecified atom stereocenters. The first-order valence-corrected chi connectivity index (χ1v) is 9.02. The van der Waals surface area contributed by atoms with Gasteiger partial charge in [-0.25, -0.2) is 4.98 Å². The predicted molar refractivity (Wildman–Crippen MR) is 103 cm³/mol. The first kappa shape index (κ1) is 15.9. The summed E-state index contributed by atoms with van der Waals surface area (Å²) < 4.78 is 0. The van der Waals surface area contributed by atoms with Crippen molar-refractivity contribution in [1.82, 2.24) is 9.97 Å². The maximum absolute atomic E-state index is 12.4. The van der Waals surface area contributed by atoms with E-state index in [2.05, 4.69) is 15.3 Å². The topological polar surface area (TPSA) is 57.8 Å². The van der Waals surface area contributed by atoms with E-state index in [1.807, 2.05) is 60.1 Å². The lowest BCUT2D eigenvalue weighted by Gasteiger charge is -2.05. The summed E-state index contributed by atoms with van der Waals surface area (Å²) in [4.78, 5) is 20.1. The molecule has 0 aliphatic carbocycles. The van der Waals surface area contributed by atoms with Gasteiger partial charge in [0.05, 0.1) is 22.8 Å². The number of carbonyl (C=O) groups excluding carboxylic acids is 1. The molecule has 2 heterocycles. The second-order valence-electron chi connectivity index (χ2n) is 5.59. The second kappa shape index (κ2) is 6.70. The minimum absolute atomic E-state index is 0.0929. The van der Waals surface area contributed by atoms with Crippen molar-refractivity contribution in [2.45, 2.75) is 6.42 Å². The number of hydrogen-bond acceptors (Lipinski definition) is 3. The molecule has 2 N–H and O–H groups in total. The number of nitrogens with one attached hydrogen (secondary N) is 2. The van der Waals surface area contributed by atoms with Gasteiger partial charge in [-0.05, 0) is 24.3 Å². The zero-order valence-corrected chi connectivity index (χ0v) is 14.7. The summed E-state index contributed by atoms with van der Waals surface area (Å²) in [5.74, 6) is -0.0929. The predicted octanol–water partition coefficient (Wildman–Crippen LogP) is 5.13. The molecule has 4 aromatic rings. The number of aromatic amines is 1. The number of thiazole rings is 1. The highest BCUT2D eigenvalue weighted by Gasteiger charge is 2.12. The third-order valence-corrected chi connectivity index (χ3v) is 5.12. The summed E-state index contributed by atoms with van der Waals surface area (Å²) in [7, 11) is 0. The molecular formula is C19H14ClN3OS. The van der Waals surface area contributed by atoms with E-state index in [-0.39, 0.29) is 12.3 Å². The molecule has 2 aromatic carbocycles.